The Kier molecular flexibility index (Phi) is 3.26. The van der Waals surface area contributed by atoms with Gasteiger partial charge in [-0.3, -0.25) is 0 Å². The van der Waals surface area contributed by atoms with Gasteiger partial charge >= 0.3 is 0 Å². The van der Waals surface area contributed by atoms with Gasteiger partial charge in [0.25, 0.3) is 0 Å². The number of aromatic nitrogens is 1. The highest BCUT2D eigenvalue weighted by Crippen LogP contribution is 2.16. The van der Waals surface area contributed by atoms with Crippen molar-refractivity contribution < 1.29 is 8.91 Å². The summed E-state index contributed by atoms with van der Waals surface area (Å²) in [4.78, 5) is 0. The van der Waals surface area contributed by atoms with Crippen molar-refractivity contribution in [3.63, 3.8) is 0 Å². The molecule has 2 nitrogen and oxygen atoms in total. The molecule has 0 amide bonds. The predicted octanol–water partition coefficient (Wildman–Crippen LogP) is 2.57. The molecule has 1 aromatic heterocycles. The van der Waals surface area contributed by atoms with Crippen LogP contribution in [0.15, 0.2) is 4.52 Å². The largest absolute Gasteiger partial charge is 0.361 e. The van der Waals surface area contributed by atoms with E-state index < -0.39 is 6.17 Å². The van der Waals surface area contributed by atoms with Crippen LogP contribution in [0.1, 0.15) is 17.0 Å². The highest BCUT2D eigenvalue weighted by atomic mass is 79.9. The maximum absolute atomic E-state index is 12.9. The van der Waals surface area contributed by atoms with E-state index in [1.165, 1.54) is 0 Å². The Balaban J connectivity index is 2.73. The van der Waals surface area contributed by atoms with Crippen LogP contribution in [0.4, 0.5) is 4.39 Å². The summed E-state index contributed by atoms with van der Waals surface area (Å²) in [5, 5.41) is 4.10. The van der Waals surface area contributed by atoms with Gasteiger partial charge in [-0.2, -0.15) is 0 Å². The molecule has 1 unspecified atom stereocenters. The van der Waals surface area contributed by atoms with Crippen LogP contribution < -0.4 is 0 Å². The number of nitrogens with zero attached hydrogens (tertiary/aromatic N) is 1. The smallest absolute Gasteiger partial charge is 0.137 e. The van der Waals surface area contributed by atoms with Gasteiger partial charge in [-0.05, 0) is 13.8 Å². The van der Waals surface area contributed by atoms with Crippen molar-refractivity contribution in [3.05, 3.63) is 17.0 Å². The van der Waals surface area contributed by atoms with Crippen LogP contribution >= 0.6 is 15.9 Å². The van der Waals surface area contributed by atoms with Gasteiger partial charge in [0, 0.05) is 17.3 Å². The van der Waals surface area contributed by atoms with E-state index in [2.05, 4.69) is 21.1 Å². The zero-order chi connectivity index (χ0) is 9.14. The lowest BCUT2D eigenvalue weighted by Gasteiger charge is -2.02. The first-order valence-corrected chi connectivity index (χ1v) is 4.89. The molecule has 1 atom stereocenters. The average molecular weight is 236 g/mol. The number of rotatable bonds is 3. The first kappa shape index (κ1) is 9.71. The van der Waals surface area contributed by atoms with Crippen molar-refractivity contribution >= 4 is 15.9 Å². The van der Waals surface area contributed by atoms with E-state index in [1.54, 1.807) is 6.92 Å². The second-order valence-corrected chi connectivity index (χ2v) is 3.41. The fourth-order valence-corrected chi connectivity index (χ4v) is 1.30. The predicted molar refractivity (Wildman–Crippen MR) is 48.4 cm³/mol. The van der Waals surface area contributed by atoms with Crippen LogP contribution in [0.2, 0.25) is 0 Å². The summed E-state index contributed by atoms with van der Waals surface area (Å²) in [6.45, 7) is 3.63. The lowest BCUT2D eigenvalue weighted by Crippen LogP contribution is -2.06. The normalized spacial score (nSPS) is 13.3. The van der Waals surface area contributed by atoms with Gasteiger partial charge in [0.2, 0.25) is 0 Å². The Bertz CT molecular complexity index is 242. The molecule has 0 N–H and O–H groups in total. The van der Waals surface area contributed by atoms with E-state index in [-0.39, 0.29) is 0 Å². The summed E-state index contributed by atoms with van der Waals surface area (Å²) in [6, 6.07) is 0. The molecule has 4 heteroatoms. The van der Waals surface area contributed by atoms with Gasteiger partial charge in [-0.25, -0.2) is 4.39 Å². The zero-order valence-corrected chi connectivity index (χ0v) is 8.69. The molecule has 0 saturated heterocycles. The number of halogens is 2. The molecule has 0 aromatic carbocycles. The molecule has 0 spiro atoms. The SMILES string of the molecule is Cc1noc(C)c1CC(F)CBr. The molecule has 0 bridgehead atoms. The van der Waals surface area contributed by atoms with Crippen LogP contribution in [-0.2, 0) is 6.42 Å². The van der Waals surface area contributed by atoms with Crippen LogP contribution in [0, 0.1) is 13.8 Å². The van der Waals surface area contributed by atoms with Gasteiger partial charge in [-0.15, -0.1) is 0 Å². The third-order valence-electron chi connectivity index (χ3n) is 1.77. The van der Waals surface area contributed by atoms with Gasteiger partial charge in [0.15, 0.2) is 0 Å². The molecule has 0 saturated carbocycles. The minimum Gasteiger partial charge on any atom is -0.361 e. The highest BCUT2D eigenvalue weighted by Gasteiger charge is 2.13. The van der Waals surface area contributed by atoms with Crippen molar-refractivity contribution in [2.75, 3.05) is 5.33 Å². The van der Waals surface area contributed by atoms with Crippen molar-refractivity contribution in [1.82, 2.24) is 5.16 Å². The molecule has 1 rings (SSSR count). The Morgan fingerprint density at radius 2 is 2.25 bits per heavy atom. The topological polar surface area (TPSA) is 26.0 Å². The average Bonchev–Trinajstić information content (AvgIpc) is 2.35. The fraction of sp³-hybridized carbons (Fsp3) is 0.625. The lowest BCUT2D eigenvalue weighted by molar-refractivity contribution is 0.362. The van der Waals surface area contributed by atoms with Gasteiger partial charge < -0.3 is 4.52 Å². The monoisotopic (exact) mass is 235 g/mol. The minimum absolute atomic E-state index is 0.358. The standard InChI is InChI=1S/C8H11BrFNO/c1-5-8(3-7(10)4-9)6(2)12-11-5/h7H,3-4H2,1-2H3. The Morgan fingerprint density at radius 3 is 2.67 bits per heavy atom. The van der Waals surface area contributed by atoms with E-state index >= 15 is 0 Å². The third kappa shape index (κ3) is 2.06. The van der Waals surface area contributed by atoms with E-state index in [1.807, 2.05) is 6.92 Å². The summed E-state index contributed by atoms with van der Waals surface area (Å²) in [5.41, 5.74) is 1.68. The van der Waals surface area contributed by atoms with Crippen molar-refractivity contribution in [2.24, 2.45) is 0 Å². The molecule has 0 radical (unpaired) electrons. The maximum atomic E-state index is 12.9. The molecule has 0 fully saturated rings. The molecular formula is C8H11BrFNO. The first-order valence-electron chi connectivity index (χ1n) is 3.77. The summed E-state index contributed by atoms with van der Waals surface area (Å²) in [7, 11) is 0. The van der Waals surface area contributed by atoms with Crippen LogP contribution in [0.5, 0.6) is 0 Å². The summed E-state index contributed by atoms with van der Waals surface area (Å²) in [5.74, 6) is 0.719. The molecule has 1 heterocycles. The molecule has 68 valence electrons. The second kappa shape index (κ2) is 4.03. The van der Waals surface area contributed by atoms with E-state index in [0.717, 1.165) is 17.0 Å². The van der Waals surface area contributed by atoms with Crippen LogP contribution in [-0.4, -0.2) is 16.7 Å². The second-order valence-electron chi connectivity index (χ2n) is 2.76. The number of alkyl halides is 2. The summed E-state index contributed by atoms with van der Waals surface area (Å²) < 4.78 is 17.8. The Morgan fingerprint density at radius 1 is 1.58 bits per heavy atom. The Labute approximate surface area is 79.3 Å². The molecule has 0 aliphatic carbocycles. The lowest BCUT2D eigenvalue weighted by atomic mass is 10.1. The van der Waals surface area contributed by atoms with E-state index in [4.69, 9.17) is 4.52 Å². The highest BCUT2D eigenvalue weighted by molar-refractivity contribution is 9.09. The number of hydrogen-bond acceptors (Lipinski definition) is 2. The quantitative estimate of drug-likeness (QED) is 0.754. The molecule has 12 heavy (non-hydrogen) atoms. The number of hydrogen-bond donors (Lipinski definition) is 0. The van der Waals surface area contributed by atoms with E-state index in [0.29, 0.717) is 11.8 Å². The zero-order valence-electron chi connectivity index (χ0n) is 7.10. The Hall–Kier alpha value is -0.380. The molecule has 1 aromatic rings. The number of aryl methyl sites for hydroxylation is 2. The van der Waals surface area contributed by atoms with Crippen LogP contribution in [0.3, 0.4) is 0 Å². The van der Waals surface area contributed by atoms with Crippen molar-refractivity contribution in [1.29, 1.82) is 0 Å². The minimum atomic E-state index is -0.859. The van der Waals surface area contributed by atoms with Gasteiger partial charge in [0.1, 0.15) is 11.9 Å². The fourth-order valence-electron chi connectivity index (χ4n) is 1.07. The van der Waals surface area contributed by atoms with Crippen LogP contribution in [0.25, 0.3) is 0 Å². The van der Waals surface area contributed by atoms with Crippen molar-refractivity contribution in [2.45, 2.75) is 26.4 Å². The van der Waals surface area contributed by atoms with Gasteiger partial charge in [-0.1, -0.05) is 21.1 Å². The van der Waals surface area contributed by atoms with Crippen molar-refractivity contribution in [3.8, 4) is 0 Å². The van der Waals surface area contributed by atoms with Gasteiger partial charge in [0.05, 0.1) is 5.69 Å². The molecule has 0 aliphatic rings. The molecular weight excluding hydrogens is 225 g/mol. The first-order chi connectivity index (χ1) is 5.65. The van der Waals surface area contributed by atoms with E-state index in [9.17, 15) is 4.39 Å². The summed E-state index contributed by atoms with van der Waals surface area (Å²) in [6.07, 6.45) is -0.478. The summed E-state index contributed by atoms with van der Waals surface area (Å²) >= 11 is 3.08. The third-order valence-corrected chi connectivity index (χ3v) is 2.48. The molecule has 0 aliphatic heterocycles. The maximum Gasteiger partial charge on any atom is 0.137 e.